The van der Waals surface area contributed by atoms with E-state index in [1.807, 2.05) is 42.5 Å². The van der Waals surface area contributed by atoms with Crippen LogP contribution in [0, 0.1) is 0 Å². The van der Waals surface area contributed by atoms with Gasteiger partial charge >= 0.3 is 0 Å². The molecule has 0 saturated heterocycles. The zero-order valence-corrected chi connectivity index (χ0v) is 14.5. The van der Waals surface area contributed by atoms with Crippen LogP contribution in [0.1, 0.15) is 0 Å². The van der Waals surface area contributed by atoms with E-state index in [-0.39, 0.29) is 11.6 Å². The Morgan fingerprint density at radius 1 is 0.920 bits per heavy atom. The van der Waals surface area contributed by atoms with Gasteiger partial charge < -0.3 is 9.63 Å². The number of benzene rings is 2. The maximum atomic E-state index is 10.0. The maximum Gasteiger partial charge on any atom is 0.262 e. The van der Waals surface area contributed by atoms with Crippen LogP contribution >= 0.6 is 15.9 Å². The number of aromatic nitrogens is 3. The van der Waals surface area contributed by atoms with Gasteiger partial charge in [0, 0.05) is 16.2 Å². The van der Waals surface area contributed by atoms with Gasteiger partial charge in [-0.3, -0.25) is 4.98 Å². The van der Waals surface area contributed by atoms with Crippen LogP contribution in [-0.2, 0) is 0 Å². The standard InChI is InChI=1S/C19H12BrN3O2/c20-13-8-9-16(24)15(11-13)19-22-18(23-25-19)17-14(7-4-10-21-17)12-5-2-1-3-6-12/h1-11,24H. The first-order chi connectivity index (χ1) is 12.2. The molecule has 0 aliphatic rings. The number of phenolic OH excluding ortho intramolecular Hbond substituents is 1. The van der Waals surface area contributed by atoms with Crippen LogP contribution in [0.2, 0.25) is 0 Å². The van der Waals surface area contributed by atoms with Crippen molar-refractivity contribution < 1.29 is 9.63 Å². The summed E-state index contributed by atoms with van der Waals surface area (Å²) in [5.41, 5.74) is 3.01. The van der Waals surface area contributed by atoms with Gasteiger partial charge in [0.05, 0.1) is 5.56 Å². The van der Waals surface area contributed by atoms with Crippen molar-refractivity contribution in [2.75, 3.05) is 0 Å². The van der Waals surface area contributed by atoms with Crippen LogP contribution in [0.5, 0.6) is 5.75 Å². The monoisotopic (exact) mass is 393 g/mol. The minimum atomic E-state index is 0.0719. The number of hydrogen-bond donors (Lipinski definition) is 1. The van der Waals surface area contributed by atoms with Crippen LogP contribution in [-0.4, -0.2) is 20.2 Å². The van der Waals surface area contributed by atoms with Crippen LogP contribution in [0.25, 0.3) is 34.1 Å². The van der Waals surface area contributed by atoms with E-state index in [0.29, 0.717) is 17.1 Å². The van der Waals surface area contributed by atoms with Crippen LogP contribution in [0.15, 0.2) is 75.9 Å². The second-order valence-electron chi connectivity index (χ2n) is 5.35. The Morgan fingerprint density at radius 2 is 1.76 bits per heavy atom. The molecule has 4 aromatic rings. The number of pyridine rings is 1. The lowest BCUT2D eigenvalue weighted by atomic mass is 10.0. The molecule has 0 fully saturated rings. The minimum absolute atomic E-state index is 0.0719. The summed E-state index contributed by atoms with van der Waals surface area (Å²) >= 11 is 3.37. The van der Waals surface area contributed by atoms with Gasteiger partial charge in [-0.05, 0) is 29.8 Å². The third-order valence-corrected chi connectivity index (χ3v) is 4.21. The summed E-state index contributed by atoms with van der Waals surface area (Å²) in [5.74, 6) is 0.676. The fourth-order valence-electron chi connectivity index (χ4n) is 2.54. The zero-order valence-electron chi connectivity index (χ0n) is 12.9. The highest BCUT2D eigenvalue weighted by Gasteiger charge is 2.18. The Bertz CT molecular complexity index is 1030. The van der Waals surface area contributed by atoms with E-state index in [1.54, 1.807) is 24.4 Å². The smallest absolute Gasteiger partial charge is 0.262 e. The van der Waals surface area contributed by atoms with E-state index in [1.165, 1.54) is 0 Å². The SMILES string of the molecule is Oc1ccc(Br)cc1-c1nc(-c2ncccc2-c2ccccc2)no1. The average molecular weight is 394 g/mol. The molecule has 0 spiro atoms. The molecule has 6 heteroatoms. The fraction of sp³-hybridized carbons (Fsp3) is 0. The summed E-state index contributed by atoms with van der Waals surface area (Å²) in [7, 11) is 0. The van der Waals surface area contributed by atoms with Gasteiger partial charge in [0.2, 0.25) is 5.82 Å². The number of aromatic hydroxyl groups is 1. The zero-order chi connectivity index (χ0) is 17.2. The van der Waals surface area contributed by atoms with Crippen molar-refractivity contribution in [2.24, 2.45) is 0 Å². The molecule has 5 nitrogen and oxygen atoms in total. The van der Waals surface area contributed by atoms with Gasteiger partial charge in [0.1, 0.15) is 11.4 Å². The third-order valence-electron chi connectivity index (χ3n) is 3.72. The van der Waals surface area contributed by atoms with Gasteiger partial charge in [-0.1, -0.05) is 57.5 Å². The van der Waals surface area contributed by atoms with Crippen LogP contribution < -0.4 is 0 Å². The fourth-order valence-corrected chi connectivity index (χ4v) is 2.90. The highest BCUT2D eigenvalue weighted by atomic mass is 79.9. The normalized spacial score (nSPS) is 10.8. The van der Waals surface area contributed by atoms with Crippen molar-refractivity contribution in [1.29, 1.82) is 0 Å². The van der Waals surface area contributed by atoms with Crippen LogP contribution in [0.3, 0.4) is 0 Å². The lowest BCUT2D eigenvalue weighted by molar-refractivity contribution is 0.425. The van der Waals surface area contributed by atoms with Crippen molar-refractivity contribution in [3.05, 3.63) is 71.3 Å². The number of halogens is 1. The van der Waals surface area contributed by atoms with E-state index >= 15 is 0 Å². The Labute approximate surface area is 152 Å². The highest BCUT2D eigenvalue weighted by molar-refractivity contribution is 9.10. The molecule has 0 amide bonds. The van der Waals surface area contributed by atoms with E-state index in [2.05, 4.69) is 31.1 Å². The first kappa shape index (κ1) is 15.5. The summed E-state index contributed by atoms with van der Waals surface area (Å²) < 4.78 is 6.16. The van der Waals surface area contributed by atoms with Gasteiger partial charge in [0.25, 0.3) is 5.89 Å². The lowest BCUT2D eigenvalue weighted by Crippen LogP contribution is -1.90. The second kappa shape index (κ2) is 6.49. The van der Waals surface area contributed by atoms with Crippen molar-refractivity contribution >= 4 is 15.9 Å². The summed E-state index contributed by atoms with van der Waals surface area (Å²) in [6.45, 7) is 0. The summed E-state index contributed by atoms with van der Waals surface area (Å²) in [6.07, 6.45) is 1.69. The topological polar surface area (TPSA) is 72.0 Å². The predicted octanol–water partition coefficient (Wildman–Crippen LogP) is 4.93. The van der Waals surface area contributed by atoms with E-state index in [9.17, 15) is 5.11 Å². The molecule has 2 heterocycles. The Morgan fingerprint density at radius 3 is 2.60 bits per heavy atom. The lowest BCUT2D eigenvalue weighted by Gasteiger charge is -2.04. The maximum absolute atomic E-state index is 10.0. The summed E-state index contributed by atoms with van der Waals surface area (Å²) in [4.78, 5) is 8.83. The molecule has 0 aliphatic heterocycles. The summed E-state index contributed by atoms with van der Waals surface area (Å²) in [5, 5.41) is 14.1. The molecule has 2 aromatic carbocycles. The molecule has 0 atom stereocenters. The highest BCUT2D eigenvalue weighted by Crippen LogP contribution is 2.33. The van der Waals surface area contributed by atoms with Crippen molar-refractivity contribution in [3.63, 3.8) is 0 Å². The molecule has 0 radical (unpaired) electrons. The molecular weight excluding hydrogens is 382 g/mol. The molecule has 0 aliphatic carbocycles. The number of nitrogens with zero attached hydrogens (tertiary/aromatic N) is 3. The van der Waals surface area contributed by atoms with Gasteiger partial charge in [-0.25, -0.2) is 0 Å². The first-order valence-corrected chi connectivity index (χ1v) is 8.35. The van der Waals surface area contributed by atoms with E-state index in [0.717, 1.165) is 15.6 Å². The van der Waals surface area contributed by atoms with Crippen molar-refractivity contribution in [3.8, 4) is 39.8 Å². The Kier molecular flexibility index (Phi) is 4.03. The molecule has 25 heavy (non-hydrogen) atoms. The third kappa shape index (κ3) is 3.04. The number of phenols is 1. The summed E-state index contributed by atoms with van der Waals surface area (Å²) in [6, 6.07) is 18.8. The minimum Gasteiger partial charge on any atom is -0.507 e. The molecule has 122 valence electrons. The molecule has 0 bridgehead atoms. The molecular formula is C19H12BrN3O2. The van der Waals surface area contributed by atoms with Crippen molar-refractivity contribution in [1.82, 2.24) is 15.1 Å². The van der Waals surface area contributed by atoms with Crippen LogP contribution in [0.4, 0.5) is 0 Å². The van der Waals surface area contributed by atoms with Gasteiger partial charge in [-0.2, -0.15) is 4.98 Å². The van der Waals surface area contributed by atoms with Gasteiger partial charge in [0.15, 0.2) is 0 Å². The van der Waals surface area contributed by atoms with Crippen molar-refractivity contribution in [2.45, 2.75) is 0 Å². The number of hydrogen-bond acceptors (Lipinski definition) is 5. The van der Waals surface area contributed by atoms with Gasteiger partial charge in [-0.15, -0.1) is 0 Å². The second-order valence-corrected chi connectivity index (χ2v) is 6.27. The molecule has 0 saturated carbocycles. The van der Waals surface area contributed by atoms with E-state index < -0.39 is 0 Å². The molecule has 2 aromatic heterocycles. The molecule has 1 N–H and O–H groups in total. The Balaban J connectivity index is 1.81. The Hall–Kier alpha value is -2.99. The average Bonchev–Trinajstić information content (AvgIpc) is 3.14. The molecule has 0 unspecified atom stereocenters. The first-order valence-electron chi connectivity index (χ1n) is 7.56. The predicted molar refractivity (Wildman–Crippen MR) is 97.8 cm³/mol. The largest absolute Gasteiger partial charge is 0.507 e. The quantitative estimate of drug-likeness (QED) is 0.533. The number of rotatable bonds is 3. The molecule has 4 rings (SSSR count). The van der Waals surface area contributed by atoms with E-state index in [4.69, 9.17) is 4.52 Å².